The fraction of sp³-hybridized carbons (Fsp3) is 0. The highest BCUT2D eigenvalue weighted by molar-refractivity contribution is 6.64. The van der Waals surface area contributed by atoms with E-state index in [0.29, 0.717) is 5.56 Å². The molecule has 0 saturated heterocycles. The molecule has 3 nitrogen and oxygen atoms in total. The summed E-state index contributed by atoms with van der Waals surface area (Å²) in [6, 6.07) is 11.9. The van der Waals surface area contributed by atoms with Crippen LogP contribution in [0.1, 0.15) is 21.5 Å². The molecule has 0 radical (unpaired) electrons. The predicted molar refractivity (Wildman–Crippen MR) is 71.6 cm³/mol. The lowest BCUT2D eigenvalue weighted by atomic mass is 10.0. The van der Waals surface area contributed by atoms with E-state index < -0.39 is 23.1 Å². The van der Waals surface area contributed by atoms with Gasteiger partial charge in [0.05, 0.1) is 11.1 Å². The Morgan fingerprint density at radius 2 is 1.45 bits per heavy atom. The lowest BCUT2D eigenvalue weighted by Gasteiger charge is -2.05. The quantitative estimate of drug-likeness (QED) is 0.491. The van der Waals surface area contributed by atoms with E-state index in [1.54, 1.807) is 24.3 Å². The number of fused-ring (bicyclic) bond motifs is 1. The Balaban J connectivity index is 2.29. The van der Waals surface area contributed by atoms with Crippen molar-refractivity contribution >= 4 is 22.9 Å². The lowest BCUT2D eigenvalue weighted by molar-refractivity contribution is -0.109. The zero-order chi connectivity index (χ0) is 14.3. The standard InChI is InChI=1S/C16H9FO3/c17-12-8-4-3-7-11(12)14(18)13-9-5-1-2-6-10(9)15(19)16(13)20/h1-8,18H/b14-13+. The van der Waals surface area contributed by atoms with Crippen molar-refractivity contribution in [3.05, 3.63) is 71.0 Å². The Bertz CT molecular complexity index is 775. The summed E-state index contributed by atoms with van der Waals surface area (Å²) in [5.74, 6) is -2.65. The molecule has 4 heteroatoms. The van der Waals surface area contributed by atoms with Crippen molar-refractivity contribution in [1.29, 1.82) is 0 Å². The number of aliphatic hydroxyl groups is 1. The fourth-order valence-corrected chi connectivity index (χ4v) is 2.28. The molecule has 2 aromatic rings. The van der Waals surface area contributed by atoms with Gasteiger partial charge in [-0.15, -0.1) is 0 Å². The molecule has 0 bridgehead atoms. The van der Waals surface area contributed by atoms with Crippen LogP contribution in [-0.2, 0) is 4.79 Å². The molecule has 0 unspecified atom stereocenters. The van der Waals surface area contributed by atoms with Crippen molar-refractivity contribution < 1.29 is 19.1 Å². The summed E-state index contributed by atoms with van der Waals surface area (Å²) < 4.78 is 13.7. The Kier molecular flexibility index (Phi) is 2.71. The molecule has 1 aliphatic rings. The van der Waals surface area contributed by atoms with Gasteiger partial charge in [0.2, 0.25) is 11.6 Å². The molecule has 0 aliphatic heterocycles. The van der Waals surface area contributed by atoms with Gasteiger partial charge in [-0.1, -0.05) is 36.4 Å². The van der Waals surface area contributed by atoms with Crippen molar-refractivity contribution in [3.8, 4) is 0 Å². The van der Waals surface area contributed by atoms with Gasteiger partial charge in [-0.2, -0.15) is 0 Å². The van der Waals surface area contributed by atoms with Crippen molar-refractivity contribution in [2.75, 3.05) is 0 Å². The molecule has 0 saturated carbocycles. The molecule has 20 heavy (non-hydrogen) atoms. The average Bonchev–Trinajstić information content (AvgIpc) is 2.71. The average molecular weight is 268 g/mol. The summed E-state index contributed by atoms with van der Waals surface area (Å²) in [5.41, 5.74) is 0.328. The van der Waals surface area contributed by atoms with Gasteiger partial charge in [-0.25, -0.2) is 4.39 Å². The monoisotopic (exact) mass is 268 g/mol. The van der Waals surface area contributed by atoms with Gasteiger partial charge in [0.25, 0.3) is 0 Å². The molecular formula is C16H9FO3. The van der Waals surface area contributed by atoms with Gasteiger partial charge in [0, 0.05) is 11.1 Å². The van der Waals surface area contributed by atoms with Crippen LogP contribution in [0.4, 0.5) is 4.39 Å². The maximum atomic E-state index is 13.7. The first kappa shape index (κ1) is 12.3. The summed E-state index contributed by atoms with van der Waals surface area (Å²) in [6.45, 7) is 0. The molecule has 0 fully saturated rings. The Labute approximate surface area is 114 Å². The van der Waals surface area contributed by atoms with Gasteiger partial charge in [-0.05, 0) is 12.1 Å². The second-order valence-corrected chi connectivity index (χ2v) is 4.41. The number of carbonyl (C=O) groups is 2. The van der Waals surface area contributed by atoms with E-state index in [1.807, 2.05) is 0 Å². The molecule has 0 atom stereocenters. The van der Waals surface area contributed by atoms with E-state index in [4.69, 9.17) is 0 Å². The second-order valence-electron chi connectivity index (χ2n) is 4.41. The highest BCUT2D eigenvalue weighted by atomic mass is 19.1. The number of halogens is 1. The maximum Gasteiger partial charge on any atom is 0.237 e. The van der Waals surface area contributed by atoms with Crippen LogP contribution in [0.5, 0.6) is 0 Å². The smallest absolute Gasteiger partial charge is 0.237 e. The van der Waals surface area contributed by atoms with Gasteiger partial charge in [0.15, 0.2) is 0 Å². The van der Waals surface area contributed by atoms with Crippen LogP contribution < -0.4 is 0 Å². The number of allylic oxidation sites excluding steroid dienone is 1. The molecule has 0 amide bonds. The van der Waals surface area contributed by atoms with Crippen LogP contribution in [0, 0.1) is 5.82 Å². The van der Waals surface area contributed by atoms with E-state index >= 15 is 0 Å². The van der Waals surface area contributed by atoms with E-state index in [0.717, 1.165) is 0 Å². The highest BCUT2D eigenvalue weighted by Gasteiger charge is 2.36. The number of hydrogen-bond acceptors (Lipinski definition) is 3. The molecular weight excluding hydrogens is 259 g/mol. The Morgan fingerprint density at radius 3 is 2.15 bits per heavy atom. The first-order valence-electron chi connectivity index (χ1n) is 5.98. The van der Waals surface area contributed by atoms with Crippen LogP contribution in [0.3, 0.4) is 0 Å². The summed E-state index contributed by atoms with van der Waals surface area (Å²) in [5, 5.41) is 10.2. The number of aliphatic hydroxyl groups excluding tert-OH is 1. The van der Waals surface area contributed by atoms with Crippen LogP contribution in [-0.4, -0.2) is 16.7 Å². The van der Waals surface area contributed by atoms with Gasteiger partial charge >= 0.3 is 0 Å². The topological polar surface area (TPSA) is 54.4 Å². The summed E-state index contributed by atoms with van der Waals surface area (Å²) in [4.78, 5) is 23.8. The van der Waals surface area contributed by atoms with E-state index in [-0.39, 0.29) is 16.7 Å². The molecule has 2 aromatic carbocycles. The third-order valence-corrected chi connectivity index (χ3v) is 3.24. The predicted octanol–water partition coefficient (Wildman–Crippen LogP) is 3.02. The minimum absolute atomic E-state index is 0.0969. The molecule has 1 aliphatic carbocycles. The first-order valence-corrected chi connectivity index (χ1v) is 5.98. The molecule has 0 heterocycles. The minimum Gasteiger partial charge on any atom is -0.506 e. The van der Waals surface area contributed by atoms with Crippen molar-refractivity contribution in [2.24, 2.45) is 0 Å². The lowest BCUT2D eigenvalue weighted by Crippen LogP contribution is -2.07. The molecule has 3 rings (SSSR count). The van der Waals surface area contributed by atoms with Crippen molar-refractivity contribution in [3.63, 3.8) is 0 Å². The highest BCUT2D eigenvalue weighted by Crippen LogP contribution is 2.34. The summed E-state index contributed by atoms with van der Waals surface area (Å²) >= 11 is 0. The zero-order valence-electron chi connectivity index (χ0n) is 10.3. The van der Waals surface area contributed by atoms with Crippen LogP contribution >= 0.6 is 0 Å². The van der Waals surface area contributed by atoms with Gasteiger partial charge in [0.1, 0.15) is 11.6 Å². The number of Topliss-reactive ketones (excluding diaryl/α,β-unsaturated/α-hetero) is 2. The van der Waals surface area contributed by atoms with E-state index in [2.05, 4.69) is 0 Å². The van der Waals surface area contributed by atoms with Crippen molar-refractivity contribution in [1.82, 2.24) is 0 Å². The summed E-state index contributed by atoms with van der Waals surface area (Å²) in [7, 11) is 0. The second kappa shape index (κ2) is 4.42. The number of carbonyl (C=O) groups excluding carboxylic acids is 2. The first-order chi connectivity index (χ1) is 9.61. The van der Waals surface area contributed by atoms with Crippen molar-refractivity contribution in [2.45, 2.75) is 0 Å². The minimum atomic E-state index is -0.813. The third kappa shape index (κ3) is 1.66. The normalized spacial score (nSPS) is 16.2. The Morgan fingerprint density at radius 1 is 0.850 bits per heavy atom. The third-order valence-electron chi connectivity index (χ3n) is 3.24. The Hall–Kier alpha value is -2.75. The zero-order valence-corrected chi connectivity index (χ0v) is 10.3. The summed E-state index contributed by atoms with van der Waals surface area (Å²) in [6.07, 6.45) is 0. The number of ketones is 2. The van der Waals surface area contributed by atoms with Crippen LogP contribution in [0.2, 0.25) is 0 Å². The SMILES string of the molecule is O=C1C(=O)c2ccccc2/C1=C(\O)c1ccccc1F. The molecule has 0 spiro atoms. The molecule has 98 valence electrons. The number of hydrogen-bond donors (Lipinski definition) is 1. The number of rotatable bonds is 1. The van der Waals surface area contributed by atoms with E-state index in [9.17, 15) is 19.1 Å². The molecule has 1 N–H and O–H groups in total. The fourth-order valence-electron chi connectivity index (χ4n) is 2.28. The van der Waals surface area contributed by atoms with Crippen LogP contribution in [0.25, 0.3) is 11.3 Å². The van der Waals surface area contributed by atoms with Gasteiger partial charge < -0.3 is 5.11 Å². The van der Waals surface area contributed by atoms with Crippen LogP contribution in [0.15, 0.2) is 48.5 Å². The largest absolute Gasteiger partial charge is 0.506 e. The maximum absolute atomic E-state index is 13.7. The number of benzene rings is 2. The van der Waals surface area contributed by atoms with Gasteiger partial charge in [-0.3, -0.25) is 9.59 Å². The molecule has 0 aromatic heterocycles. The van der Waals surface area contributed by atoms with E-state index in [1.165, 1.54) is 24.3 Å².